The zero-order chi connectivity index (χ0) is 12.3. The molecule has 1 amide bonds. The highest BCUT2D eigenvalue weighted by atomic mass is 16.7. The van der Waals surface area contributed by atoms with Crippen LogP contribution >= 0.6 is 0 Å². The summed E-state index contributed by atoms with van der Waals surface area (Å²) < 4.78 is 11.1. The number of amides is 1. The van der Waals surface area contributed by atoms with E-state index < -0.39 is 5.79 Å². The number of ether oxygens (including phenoxy) is 2. The van der Waals surface area contributed by atoms with Crippen LogP contribution in [0.2, 0.25) is 0 Å². The van der Waals surface area contributed by atoms with E-state index in [9.17, 15) is 4.79 Å². The van der Waals surface area contributed by atoms with Gasteiger partial charge >= 0.3 is 0 Å². The average Bonchev–Trinajstić information content (AvgIpc) is 2.67. The van der Waals surface area contributed by atoms with E-state index in [4.69, 9.17) is 9.47 Å². The molecule has 17 heavy (non-hydrogen) atoms. The Bertz CT molecular complexity index is 275. The highest BCUT2D eigenvalue weighted by Crippen LogP contribution is 2.21. The quantitative estimate of drug-likeness (QED) is 0.752. The fourth-order valence-corrected chi connectivity index (χ4v) is 2.28. The van der Waals surface area contributed by atoms with Gasteiger partial charge in [0.2, 0.25) is 5.91 Å². The van der Waals surface area contributed by atoms with Crippen molar-refractivity contribution in [3.63, 3.8) is 0 Å². The lowest BCUT2D eigenvalue weighted by molar-refractivity contribution is -0.139. The van der Waals surface area contributed by atoms with Gasteiger partial charge in [0.25, 0.3) is 0 Å². The van der Waals surface area contributed by atoms with Crippen molar-refractivity contribution in [3.8, 4) is 0 Å². The second-order valence-corrected chi connectivity index (χ2v) is 5.20. The molecule has 0 spiro atoms. The van der Waals surface area contributed by atoms with Crippen LogP contribution in [0.15, 0.2) is 0 Å². The molecule has 0 bridgehead atoms. The predicted molar refractivity (Wildman–Crippen MR) is 63.6 cm³/mol. The Balaban J connectivity index is 1.69. The van der Waals surface area contributed by atoms with Gasteiger partial charge in [0.05, 0.1) is 12.6 Å². The minimum Gasteiger partial charge on any atom is -0.352 e. The summed E-state index contributed by atoms with van der Waals surface area (Å²) in [6, 6.07) is -0.0286. The summed E-state index contributed by atoms with van der Waals surface area (Å²) in [5.41, 5.74) is 0. The van der Waals surface area contributed by atoms with E-state index in [0.717, 1.165) is 25.8 Å². The standard InChI is InChI=1S/C12H22N2O3/c1-12(2)16-8-9(17-12)7-14-11(15)10-5-3-4-6-13-10/h9-10,13H,3-8H2,1-2H3,(H,14,15)/t9?,10-/m0/s1. The van der Waals surface area contributed by atoms with E-state index in [1.54, 1.807) is 0 Å². The van der Waals surface area contributed by atoms with Gasteiger partial charge in [-0.05, 0) is 33.2 Å². The summed E-state index contributed by atoms with van der Waals surface area (Å²) in [5, 5.41) is 6.15. The molecule has 2 rings (SSSR count). The Kier molecular flexibility index (Phi) is 4.01. The van der Waals surface area contributed by atoms with E-state index >= 15 is 0 Å². The molecule has 2 N–H and O–H groups in total. The predicted octanol–water partition coefficient (Wildman–Crippen LogP) is 0.396. The average molecular weight is 242 g/mol. The first kappa shape index (κ1) is 12.8. The van der Waals surface area contributed by atoms with Crippen molar-refractivity contribution in [2.24, 2.45) is 0 Å². The highest BCUT2D eigenvalue weighted by Gasteiger charge is 2.33. The third kappa shape index (κ3) is 3.66. The van der Waals surface area contributed by atoms with Crippen LogP contribution in [-0.4, -0.2) is 43.5 Å². The molecular formula is C12H22N2O3. The molecule has 0 aromatic heterocycles. The fourth-order valence-electron chi connectivity index (χ4n) is 2.28. The fraction of sp³-hybridized carbons (Fsp3) is 0.917. The topological polar surface area (TPSA) is 59.6 Å². The number of carbonyl (C=O) groups is 1. The lowest BCUT2D eigenvalue weighted by atomic mass is 10.0. The zero-order valence-corrected chi connectivity index (χ0v) is 10.6. The minimum atomic E-state index is -0.515. The first-order valence-electron chi connectivity index (χ1n) is 6.40. The smallest absolute Gasteiger partial charge is 0.237 e. The summed E-state index contributed by atoms with van der Waals surface area (Å²) in [6.07, 6.45) is 3.19. The maximum absolute atomic E-state index is 11.8. The second kappa shape index (κ2) is 5.33. The second-order valence-electron chi connectivity index (χ2n) is 5.20. The molecule has 2 aliphatic rings. The Morgan fingerprint density at radius 3 is 2.88 bits per heavy atom. The molecule has 2 aliphatic heterocycles. The van der Waals surface area contributed by atoms with Gasteiger partial charge in [-0.2, -0.15) is 0 Å². The molecule has 1 unspecified atom stereocenters. The van der Waals surface area contributed by atoms with Crippen LogP contribution in [0.25, 0.3) is 0 Å². The number of rotatable bonds is 3. The van der Waals surface area contributed by atoms with Crippen molar-refractivity contribution in [2.75, 3.05) is 19.7 Å². The van der Waals surface area contributed by atoms with Crippen LogP contribution in [0, 0.1) is 0 Å². The Morgan fingerprint density at radius 1 is 1.47 bits per heavy atom. The van der Waals surface area contributed by atoms with Crippen LogP contribution < -0.4 is 10.6 Å². The lowest BCUT2D eigenvalue weighted by Crippen LogP contribution is -2.48. The molecule has 2 saturated heterocycles. The Hall–Kier alpha value is -0.650. The Labute approximate surface area is 102 Å². The number of nitrogens with one attached hydrogen (secondary N) is 2. The molecule has 2 heterocycles. The van der Waals surface area contributed by atoms with Gasteiger partial charge in [-0.1, -0.05) is 6.42 Å². The molecule has 98 valence electrons. The van der Waals surface area contributed by atoms with Crippen LogP contribution in [0.1, 0.15) is 33.1 Å². The van der Waals surface area contributed by atoms with E-state index in [0.29, 0.717) is 13.2 Å². The largest absolute Gasteiger partial charge is 0.352 e. The van der Waals surface area contributed by atoms with Crippen molar-refractivity contribution >= 4 is 5.91 Å². The molecule has 5 heteroatoms. The Morgan fingerprint density at radius 2 is 2.29 bits per heavy atom. The molecule has 2 fully saturated rings. The molecule has 2 atom stereocenters. The molecule has 0 saturated carbocycles. The van der Waals surface area contributed by atoms with Crippen LogP contribution in [0.4, 0.5) is 0 Å². The number of carbonyl (C=O) groups excluding carboxylic acids is 1. The first-order valence-corrected chi connectivity index (χ1v) is 6.40. The van der Waals surface area contributed by atoms with Crippen LogP contribution in [-0.2, 0) is 14.3 Å². The minimum absolute atomic E-state index is 0.0286. The number of hydrogen-bond donors (Lipinski definition) is 2. The summed E-state index contributed by atoms with van der Waals surface area (Å²) in [5.74, 6) is -0.434. The summed E-state index contributed by atoms with van der Waals surface area (Å²) >= 11 is 0. The van der Waals surface area contributed by atoms with Crippen molar-refractivity contribution < 1.29 is 14.3 Å². The van der Waals surface area contributed by atoms with E-state index in [-0.39, 0.29) is 18.1 Å². The third-order valence-corrected chi connectivity index (χ3v) is 3.20. The molecular weight excluding hydrogens is 220 g/mol. The molecule has 0 aromatic rings. The van der Waals surface area contributed by atoms with Crippen molar-refractivity contribution in [1.82, 2.24) is 10.6 Å². The molecule has 0 aromatic carbocycles. The van der Waals surface area contributed by atoms with Gasteiger partial charge in [-0.25, -0.2) is 0 Å². The highest BCUT2D eigenvalue weighted by molar-refractivity contribution is 5.81. The SMILES string of the molecule is CC1(C)OCC(CNC(=O)[C@@H]2CCCCN2)O1. The van der Waals surface area contributed by atoms with Crippen molar-refractivity contribution in [1.29, 1.82) is 0 Å². The van der Waals surface area contributed by atoms with Crippen molar-refractivity contribution in [3.05, 3.63) is 0 Å². The zero-order valence-electron chi connectivity index (χ0n) is 10.6. The molecule has 0 aliphatic carbocycles. The van der Waals surface area contributed by atoms with E-state index in [1.165, 1.54) is 0 Å². The normalized spacial score (nSPS) is 32.4. The van der Waals surface area contributed by atoms with Crippen LogP contribution in [0.3, 0.4) is 0 Å². The summed E-state index contributed by atoms with van der Waals surface area (Å²) in [7, 11) is 0. The monoisotopic (exact) mass is 242 g/mol. The van der Waals surface area contributed by atoms with Crippen LogP contribution in [0.5, 0.6) is 0 Å². The van der Waals surface area contributed by atoms with Crippen molar-refractivity contribution in [2.45, 2.75) is 51.0 Å². The van der Waals surface area contributed by atoms with Gasteiger partial charge in [0, 0.05) is 6.54 Å². The lowest BCUT2D eigenvalue weighted by Gasteiger charge is -2.23. The number of hydrogen-bond acceptors (Lipinski definition) is 4. The maximum atomic E-state index is 11.8. The van der Waals surface area contributed by atoms with Gasteiger partial charge in [0.15, 0.2) is 5.79 Å². The van der Waals surface area contributed by atoms with Gasteiger partial charge in [-0.3, -0.25) is 4.79 Å². The maximum Gasteiger partial charge on any atom is 0.237 e. The van der Waals surface area contributed by atoms with Gasteiger partial charge in [-0.15, -0.1) is 0 Å². The molecule has 5 nitrogen and oxygen atoms in total. The van der Waals surface area contributed by atoms with E-state index in [1.807, 2.05) is 13.8 Å². The summed E-state index contributed by atoms with van der Waals surface area (Å²) in [4.78, 5) is 11.8. The number of piperidine rings is 1. The first-order chi connectivity index (χ1) is 8.07. The van der Waals surface area contributed by atoms with Gasteiger partial charge < -0.3 is 20.1 Å². The molecule has 0 radical (unpaired) electrons. The van der Waals surface area contributed by atoms with E-state index in [2.05, 4.69) is 10.6 Å². The summed E-state index contributed by atoms with van der Waals surface area (Å²) in [6.45, 7) is 5.79. The van der Waals surface area contributed by atoms with Gasteiger partial charge in [0.1, 0.15) is 6.10 Å². The third-order valence-electron chi connectivity index (χ3n) is 3.20.